The third-order valence-corrected chi connectivity index (χ3v) is 5.28. The van der Waals surface area contributed by atoms with Crippen molar-refractivity contribution in [2.45, 2.75) is 65.5 Å². The molecule has 1 saturated carbocycles. The molecule has 0 spiro atoms. The van der Waals surface area contributed by atoms with Gasteiger partial charge < -0.3 is 15.4 Å². The maximum absolute atomic E-state index is 12.6. The summed E-state index contributed by atoms with van der Waals surface area (Å²) in [5.74, 6) is 0.204. The topological polar surface area (TPSA) is 67.4 Å². The Hall–Kier alpha value is -1.88. The third-order valence-electron chi connectivity index (χ3n) is 5.28. The van der Waals surface area contributed by atoms with E-state index >= 15 is 0 Å². The highest BCUT2D eigenvalue weighted by Gasteiger charge is 2.25. The molecule has 0 bridgehead atoms. The molecule has 5 nitrogen and oxygen atoms in total. The molecule has 0 saturated heterocycles. The summed E-state index contributed by atoms with van der Waals surface area (Å²) in [7, 11) is 0. The first kappa shape index (κ1) is 21.4. The zero-order chi connectivity index (χ0) is 19.8. The van der Waals surface area contributed by atoms with Gasteiger partial charge in [-0.2, -0.15) is 0 Å². The first-order chi connectivity index (χ1) is 12.9. The van der Waals surface area contributed by atoms with Crippen molar-refractivity contribution < 1.29 is 14.3 Å². The van der Waals surface area contributed by atoms with E-state index in [-0.39, 0.29) is 17.7 Å². The fourth-order valence-electron chi connectivity index (χ4n) is 3.57. The molecule has 150 valence electrons. The van der Waals surface area contributed by atoms with Crippen LogP contribution in [-0.4, -0.2) is 37.1 Å². The molecule has 1 aliphatic rings. The van der Waals surface area contributed by atoms with Gasteiger partial charge in [0.15, 0.2) is 0 Å². The minimum absolute atomic E-state index is 0.00181. The second kappa shape index (κ2) is 10.5. The van der Waals surface area contributed by atoms with Gasteiger partial charge in [-0.3, -0.25) is 9.59 Å². The Balaban J connectivity index is 1.81. The lowest BCUT2D eigenvalue weighted by atomic mass is 9.88. The number of ether oxygens (including phenoxy) is 1. The summed E-state index contributed by atoms with van der Waals surface area (Å²) in [5.41, 5.74) is 1.59. The molecule has 3 unspecified atom stereocenters. The van der Waals surface area contributed by atoms with Gasteiger partial charge >= 0.3 is 0 Å². The Morgan fingerprint density at radius 3 is 2.63 bits per heavy atom. The van der Waals surface area contributed by atoms with Crippen LogP contribution < -0.4 is 10.6 Å². The lowest BCUT2D eigenvalue weighted by Crippen LogP contribution is -2.50. The number of benzene rings is 1. The molecule has 3 atom stereocenters. The highest BCUT2D eigenvalue weighted by molar-refractivity contribution is 5.97. The monoisotopic (exact) mass is 374 g/mol. The molecule has 1 aromatic carbocycles. The fourth-order valence-corrected chi connectivity index (χ4v) is 3.57. The summed E-state index contributed by atoms with van der Waals surface area (Å²) in [6, 6.07) is 6.81. The van der Waals surface area contributed by atoms with Crippen LogP contribution in [0.2, 0.25) is 0 Å². The van der Waals surface area contributed by atoms with E-state index in [0.717, 1.165) is 12.0 Å². The standard InChI is InChI=1S/C22H34N2O3/c1-15(2)20(24-21(25)18-10-7-8-16(3)14-18)22(26)23-12-13-27-19-11-6-5-9-17(19)4/h7-8,10,14-15,17,19-20H,5-6,9,11-13H2,1-4H3,(H,23,26)(H,24,25). The van der Waals surface area contributed by atoms with Gasteiger partial charge in [-0.1, -0.05) is 51.3 Å². The molecule has 2 N–H and O–H groups in total. The predicted octanol–water partition coefficient (Wildman–Crippen LogP) is 3.46. The number of rotatable bonds is 8. The van der Waals surface area contributed by atoms with Crippen molar-refractivity contribution in [2.75, 3.05) is 13.2 Å². The molecular weight excluding hydrogens is 340 g/mol. The first-order valence-corrected chi connectivity index (χ1v) is 10.2. The van der Waals surface area contributed by atoms with Crippen molar-refractivity contribution in [3.63, 3.8) is 0 Å². The maximum atomic E-state index is 12.6. The van der Waals surface area contributed by atoms with E-state index < -0.39 is 6.04 Å². The largest absolute Gasteiger partial charge is 0.376 e. The van der Waals surface area contributed by atoms with Crippen LogP contribution in [0, 0.1) is 18.8 Å². The molecule has 1 fully saturated rings. The lowest BCUT2D eigenvalue weighted by Gasteiger charge is -2.29. The van der Waals surface area contributed by atoms with Crippen LogP contribution in [0.4, 0.5) is 0 Å². The molecule has 5 heteroatoms. The zero-order valence-corrected chi connectivity index (χ0v) is 17.1. The molecule has 1 aromatic rings. The van der Waals surface area contributed by atoms with Crippen LogP contribution in [-0.2, 0) is 9.53 Å². The zero-order valence-electron chi connectivity index (χ0n) is 17.1. The van der Waals surface area contributed by atoms with Crippen LogP contribution in [0.5, 0.6) is 0 Å². The van der Waals surface area contributed by atoms with Crippen LogP contribution in [0.3, 0.4) is 0 Å². The summed E-state index contributed by atoms with van der Waals surface area (Å²) < 4.78 is 5.95. The molecule has 0 aliphatic heterocycles. The summed E-state index contributed by atoms with van der Waals surface area (Å²) >= 11 is 0. The molecule has 27 heavy (non-hydrogen) atoms. The van der Waals surface area contributed by atoms with Gasteiger partial charge in [0, 0.05) is 12.1 Å². The summed E-state index contributed by atoms with van der Waals surface area (Å²) in [6.45, 7) is 9.01. The van der Waals surface area contributed by atoms with Gasteiger partial charge in [-0.15, -0.1) is 0 Å². The second-order valence-corrected chi connectivity index (χ2v) is 8.03. The summed E-state index contributed by atoms with van der Waals surface area (Å²) in [5, 5.41) is 5.77. The van der Waals surface area contributed by atoms with Crippen LogP contribution >= 0.6 is 0 Å². The van der Waals surface area contributed by atoms with Gasteiger partial charge in [0.05, 0.1) is 12.7 Å². The highest BCUT2D eigenvalue weighted by atomic mass is 16.5. The number of nitrogens with one attached hydrogen (secondary N) is 2. The van der Waals surface area contributed by atoms with Crippen molar-refractivity contribution in [3.05, 3.63) is 35.4 Å². The van der Waals surface area contributed by atoms with Gasteiger partial charge in [0.2, 0.25) is 5.91 Å². The Kier molecular flexibility index (Phi) is 8.29. The van der Waals surface area contributed by atoms with Gasteiger partial charge in [-0.25, -0.2) is 0 Å². The minimum Gasteiger partial charge on any atom is -0.376 e. The normalized spacial score (nSPS) is 20.9. The van der Waals surface area contributed by atoms with E-state index in [2.05, 4.69) is 17.6 Å². The van der Waals surface area contributed by atoms with E-state index in [4.69, 9.17) is 4.74 Å². The van der Waals surface area contributed by atoms with Crippen molar-refractivity contribution in [1.29, 1.82) is 0 Å². The molecular formula is C22H34N2O3. The fraction of sp³-hybridized carbons (Fsp3) is 0.636. The molecule has 0 radical (unpaired) electrons. The van der Waals surface area contributed by atoms with E-state index in [1.807, 2.05) is 39.0 Å². The number of carbonyl (C=O) groups is 2. The maximum Gasteiger partial charge on any atom is 0.251 e. The summed E-state index contributed by atoms with van der Waals surface area (Å²) in [6.07, 6.45) is 5.14. The average Bonchev–Trinajstić information content (AvgIpc) is 2.64. The average molecular weight is 375 g/mol. The van der Waals surface area contributed by atoms with Gasteiger partial charge in [0.25, 0.3) is 5.91 Å². The van der Waals surface area contributed by atoms with Crippen LogP contribution in [0.15, 0.2) is 24.3 Å². The van der Waals surface area contributed by atoms with Gasteiger partial charge in [-0.05, 0) is 43.7 Å². The minimum atomic E-state index is -0.563. The Morgan fingerprint density at radius 2 is 1.96 bits per heavy atom. The molecule has 0 aromatic heterocycles. The van der Waals surface area contributed by atoms with Crippen molar-refractivity contribution in [3.8, 4) is 0 Å². The number of carbonyl (C=O) groups excluding carboxylic acids is 2. The molecule has 2 amide bonds. The smallest absolute Gasteiger partial charge is 0.251 e. The number of aryl methyl sites for hydroxylation is 1. The Morgan fingerprint density at radius 1 is 1.22 bits per heavy atom. The Labute approximate surface area is 163 Å². The van der Waals surface area contributed by atoms with Crippen molar-refractivity contribution in [1.82, 2.24) is 10.6 Å². The summed E-state index contributed by atoms with van der Waals surface area (Å²) in [4.78, 5) is 25.0. The van der Waals surface area contributed by atoms with E-state index in [1.54, 1.807) is 6.07 Å². The second-order valence-electron chi connectivity index (χ2n) is 8.03. The predicted molar refractivity (Wildman–Crippen MR) is 108 cm³/mol. The number of amides is 2. The molecule has 1 aliphatic carbocycles. The van der Waals surface area contributed by atoms with Crippen LogP contribution in [0.1, 0.15) is 62.4 Å². The molecule has 0 heterocycles. The van der Waals surface area contributed by atoms with E-state index in [1.165, 1.54) is 19.3 Å². The van der Waals surface area contributed by atoms with Crippen LogP contribution in [0.25, 0.3) is 0 Å². The third kappa shape index (κ3) is 6.65. The van der Waals surface area contributed by atoms with Gasteiger partial charge in [0.1, 0.15) is 6.04 Å². The quantitative estimate of drug-likeness (QED) is 0.685. The van der Waals surface area contributed by atoms with E-state index in [0.29, 0.717) is 30.7 Å². The highest BCUT2D eigenvalue weighted by Crippen LogP contribution is 2.25. The lowest BCUT2D eigenvalue weighted by molar-refractivity contribution is -0.124. The SMILES string of the molecule is Cc1cccc(C(=O)NC(C(=O)NCCOC2CCCCC2C)C(C)C)c1. The number of hydrogen-bond donors (Lipinski definition) is 2. The first-order valence-electron chi connectivity index (χ1n) is 10.2. The van der Waals surface area contributed by atoms with E-state index in [9.17, 15) is 9.59 Å². The molecule has 2 rings (SSSR count). The van der Waals surface area contributed by atoms with Crippen molar-refractivity contribution in [2.24, 2.45) is 11.8 Å². The Bertz CT molecular complexity index is 630. The number of hydrogen-bond acceptors (Lipinski definition) is 3. The van der Waals surface area contributed by atoms with Crippen molar-refractivity contribution >= 4 is 11.8 Å².